The summed E-state index contributed by atoms with van der Waals surface area (Å²) in [6.07, 6.45) is 0.880. The van der Waals surface area contributed by atoms with Gasteiger partial charge in [-0.25, -0.2) is 0 Å². The summed E-state index contributed by atoms with van der Waals surface area (Å²) in [7, 11) is 1.47. The van der Waals surface area contributed by atoms with Gasteiger partial charge >= 0.3 is 6.18 Å². The number of hydrogen-bond donors (Lipinski definition) is 1. The van der Waals surface area contributed by atoms with Crippen LogP contribution in [0.15, 0.2) is 48.0 Å². The Labute approximate surface area is 185 Å². The van der Waals surface area contributed by atoms with E-state index in [0.29, 0.717) is 23.7 Å². The Balaban J connectivity index is 2.17. The predicted octanol–water partition coefficient (Wildman–Crippen LogP) is 6.22. The summed E-state index contributed by atoms with van der Waals surface area (Å²) < 4.78 is 50.5. The number of nitrogens with zero attached hydrogens (tertiary/aromatic N) is 1. The summed E-state index contributed by atoms with van der Waals surface area (Å²) in [5.41, 5.74) is -1.29. The number of para-hydroxylation sites is 1. The molecular weight excluding hydrogens is 421 g/mol. The number of rotatable bonds is 10. The number of nitriles is 1. The second-order valence-corrected chi connectivity index (χ2v) is 6.99. The lowest BCUT2D eigenvalue weighted by molar-refractivity contribution is -0.137. The van der Waals surface area contributed by atoms with Crippen molar-refractivity contribution in [1.29, 1.82) is 5.26 Å². The molecule has 0 atom stereocenters. The van der Waals surface area contributed by atoms with E-state index >= 15 is 0 Å². The Bertz CT molecular complexity index is 995. The van der Waals surface area contributed by atoms with E-state index in [1.165, 1.54) is 25.3 Å². The molecule has 170 valence electrons. The fraction of sp³-hybridized carbons (Fsp3) is 0.333. The molecule has 0 aliphatic rings. The number of alkyl halides is 3. The van der Waals surface area contributed by atoms with Crippen LogP contribution in [0.1, 0.15) is 43.7 Å². The predicted molar refractivity (Wildman–Crippen MR) is 116 cm³/mol. The summed E-state index contributed by atoms with van der Waals surface area (Å²) in [4.78, 5) is 12.5. The minimum absolute atomic E-state index is 0.350. The van der Waals surface area contributed by atoms with Crippen LogP contribution in [0.3, 0.4) is 0 Å². The maximum Gasteiger partial charge on any atom is 0.418 e. The summed E-state index contributed by atoms with van der Waals surface area (Å²) in [6.45, 7) is 2.66. The van der Waals surface area contributed by atoms with E-state index in [4.69, 9.17) is 9.47 Å². The lowest BCUT2D eigenvalue weighted by Crippen LogP contribution is -2.17. The van der Waals surface area contributed by atoms with Crippen LogP contribution >= 0.6 is 0 Å². The highest BCUT2D eigenvalue weighted by molar-refractivity contribution is 6.10. The molecular formula is C24H25F3N2O3. The zero-order valence-corrected chi connectivity index (χ0v) is 18.0. The molecule has 5 nitrogen and oxygen atoms in total. The molecule has 0 heterocycles. The van der Waals surface area contributed by atoms with Gasteiger partial charge < -0.3 is 14.8 Å². The highest BCUT2D eigenvalue weighted by atomic mass is 19.4. The van der Waals surface area contributed by atoms with E-state index < -0.39 is 23.3 Å². The summed E-state index contributed by atoms with van der Waals surface area (Å²) in [5.74, 6) is 0.0111. The van der Waals surface area contributed by atoms with Gasteiger partial charge in [-0.1, -0.05) is 44.4 Å². The zero-order valence-electron chi connectivity index (χ0n) is 18.0. The first-order chi connectivity index (χ1) is 15.3. The Morgan fingerprint density at radius 2 is 1.88 bits per heavy atom. The van der Waals surface area contributed by atoms with Crippen LogP contribution in [0.4, 0.5) is 18.9 Å². The molecule has 0 saturated heterocycles. The van der Waals surface area contributed by atoms with Crippen LogP contribution in [0.25, 0.3) is 6.08 Å². The zero-order chi connectivity index (χ0) is 23.6. The van der Waals surface area contributed by atoms with E-state index in [0.717, 1.165) is 37.8 Å². The number of ether oxygens (including phenoxy) is 2. The van der Waals surface area contributed by atoms with Crippen LogP contribution in [-0.2, 0) is 11.0 Å². The molecule has 0 spiro atoms. The number of unbranched alkanes of at least 4 members (excludes halogenated alkanes) is 3. The van der Waals surface area contributed by atoms with Crippen LogP contribution in [-0.4, -0.2) is 19.6 Å². The molecule has 0 aliphatic carbocycles. The summed E-state index contributed by atoms with van der Waals surface area (Å²) in [5, 5.41) is 11.5. The fourth-order valence-electron chi connectivity index (χ4n) is 2.95. The van der Waals surface area contributed by atoms with Gasteiger partial charge in [0.25, 0.3) is 5.91 Å². The summed E-state index contributed by atoms with van der Waals surface area (Å²) in [6, 6.07) is 11.2. The summed E-state index contributed by atoms with van der Waals surface area (Å²) >= 11 is 0. The van der Waals surface area contributed by atoms with Crippen molar-refractivity contribution in [2.45, 2.75) is 38.8 Å². The second-order valence-electron chi connectivity index (χ2n) is 6.99. The normalized spacial score (nSPS) is 11.6. The van der Waals surface area contributed by atoms with E-state index in [-0.39, 0.29) is 5.57 Å². The van der Waals surface area contributed by atoms with Crippen molar-refractivity contribution in [3.8, 4) is 17.6 Å². The van der Waals surface area contributed by atoms with Crippen molar-refractivity contribution < 1.29 is 27.4 Å². The molecule has 0 aromatic heterocycles. The van der Waals surface area contributed by atoms with Gasteiger partial charge in [0.15, 0.2) is 11.5 Å². The van der Waals surface area contributed by atoms with Crippen LogP contribution < -0.4 is 14.8 Å². The molecule has 32 heavy (non-hydrogen) atoms. The van der Waals surface area contributed by atoms with Crippen molar-refractivity contribution in [2.75, 3.05) is 19.0 Å². The number of amides is 1. The number of halogens is 3. The molecule has 2 aromatic rings. The molecule has 1 amide bonds. The number of nitrogens with one attached hydrogen (secondary N) is 1. The third-order valence-corrected chi connectivity index (χ3v) is 4.60. The molecule has 8 heteroatoms. The highest BCUT2D eigenvalue weighted by Gasteiger charge is 2.33. The van der Waals surface area contributed by atoms with Gasteiger partial charge in [-0.15, -0.1) is 0 Å². The first kappa shape index (κ1) is 24.8. The fourth-order valence-corrected chi connectivity index (χ4v) is 2.95. The molecule has 0 fully saturated rings. The molecule has 1 N–H and O–H groups in total. The largest absolute Gasteiger partial charge is 0.493 e. The smallest absolute Gasteiger partial charge is 0.418 e. The Morgan fingerprint density at radius 1 is 1.12 bits per heavy atom. The quantitative estimate of drug-likeness (QED) is 0.267. The third-order valence-electron chi connectivity index (χ3n) is 4.60. The van der Waals surface area contributed by atoms with E-state index in [1.807, 2.05) is 0 Å². The third kappa shape index (κ3) is 7.05. The molecule has 2 aromatic carbocycles. The molecule has 0 unspecified atom stereocenters. The molecule has 0 bridgehead atoms. The number of anilines is 1. The van der Waals surface area contributed by atoms with Gasteiger partial charge in [-0.2, -0.15) is 18.4 Å². The first-order valence-corrected chi connectivity index (χ1v) is 10.2. The standard InChI is InChI=1S/C24H25F3N2O3/c1-3-4-5-8-13-32-21-12-11-17(15-22(21)31-2)14-18(16-28)23(30)29-20-10-7-6-9-19(20)24(25,26)27/h6-7,9-12,14-15H,3-5,8,13H2,1-2H3,(H,29,30)/b18-14+. The maximum atomic E-state index is 13.1. The van der Waals surface area contributed by atoms with Crippen molar-refractivity contribution in [1.82, 2.24) is 0 Å². The SMILES string of the molecule is CCCCCCOc1ccc(/C=C(\C#N)C(=O)Nc2ccccc2C(F)(F)F)cc1OC. The lowest BCUT2D eigenvalue weighted by Gasteiger charge is -2.13. The maximum absolute atomic E-state index is 13.1. The number of benzene rings is 2. The van der Waals surface area contributed by atoms with Gasteiger partial charge in [0.2, 0.25) is 0 Å². The van der Waals surface area contributed by atoms with Crippen molar-refractivity contribution in [3.63, 3.8) is 0 Å². The number of carbonyl (C=O) groups is 1. The van der Waals surface area contributed by atoms with Crippen molar-refractivity contribution in [3.05, 3.63) is 59.2 Å². The molecule has 0 radical (unpaired) electrons. The topological polar surface area (TPSA) is 71.3 Å². The molecule has 0 saturated carbocycles. The van der Waals surface area contributed by atoms with Gasteiger partial charge in [0.05, 0.1) is 25.0 Å². The Hall–Kier alpha value is -3.47. The number of hydrogen-bond acceptors (Lipinski definition) is 4. The first-order valence-electron chi connectivity index (χ1n) is 10.2. The van der Waals surface area contributed by atoms with Crippen molar-refractivity contribution >= 4 is 17.7 Å². The minimum atomic E-state index is -4.64. The van der Waals surface area contributed by atoms with Gasteiger partial charge in [0, 0.05) is 0 Å². The Kier molecular flexibility index (Phi) is 9.14. The van der Waals surface area contributed by atoms with E-state index in [9.17, 15) is 23.2 Å². The average molecular weight is 446 g/mol. The van der Waals surface area contributed by atoms with Crippen LogP contribution in [0.5, 0.6) is 11.5 Å². The number of carbonyl (C=O) groups excluding carboxylic acids is 1. The lowest BCUT2D eigenvalue weighted by atomic mass is 10.1. The van der Waals surface area contributed by atoms with Gasteiger partial charge in [-0.05, 0) is 42.3 Å². The monoisotopic (exact) mass is 446 g/mol. The Morgan fingerprint density at radius 3 is 2.53 bits per heavy atom. The minimum Gasteiger partial charge on any atom is -0.493 e. The number of methoxy groups -OCH3 is 1. The molecule has 2 rings (SSSR count). The van der Waals surface area contributed by atoms with Crippen molar-refractivity contribution in [2.24, 2.45) is 0 Å². The molecule has 0 aliphatic heterocycles. The van der Waals surface area contributed by atoms with E-state index in [2.05, 4.69) is 12.2 Å². The van der Waals surface area contributed by atoms with Gasteiger partial charge in [0.1, 0.15) is 11.6 Å². The van der Waals surface area contributed by atoms with Crippen LogP contribution in [0, 0.1) is 11.3 Å². The van der Waals surface area contributed by atoms with E-state index in [1.54, 1.807) is 24.3 Å². The van der Waals surface area contributed by atoms with Crippen LogP contribution in [0.2, 0.25) is 0 Å². The average Bonchev–Trinajstić information content (AvgIpc) is 2.77. The van der Waals surface area contributed by atoms with Gasteiger partial charge in [-0.3, -0.25) is 4.79 Å². The second kappa shape index (κ2) is 11.8. The highest BCUT2D eigenvalue weighted by Crippen LogP contribution is 2.35.